The topological polar surface area (TPSA) is 101 Å². The fourth-order valence-electron chi connectivity index (χ4n) is 3.92. The van der Waals surface area contributed by atoms with E-state index in [1.54, 1.807) is 24.7 Å². The summed E-state index contributed by atoms with van der Waals surface area (Å²) >= 11 is 0. The molecule has 8 heteroatoms. The number of imidazole rings is 1. The molecule has 2 N–H and O–H groups in total. The molecule has 0 aliphatic heterocycles. The van der Waals surface area contributed by atoms with Crippen molar-refractivity contribution in [2.75, 3.05) is 6.54 Å². The van der Waals surface area contributed by atoms with Gasteiger partial charge in [-0.15, -0.1) is 0 Å². The fraction of sp³-hybridized carbons (Fsp3) is 0.417. The predicted molar refractivity (Wildman–Crippen MR) is 125 cm³/mol. The van der Waals surface area contributed by atoms with Gasteiger partial charge in [-0.3, -0.25) is 4.79 Å². The quantitative estimate of drug-likeness (QED) is 0.348. The predicted octanol–water partition coefficient (Wildman–Crippen LogP) is 4.45. The summed E-state index contributed by atoms with van der Waals surface area (Å²) in [6, 6.07) is 12.8. The average Bonchev–Trinajstić information content (AvgIpc) is 3.29. The van der Waals surface area contributed by atoms with Crippen molar-refractivity contribution in [3.05, 3.63) is 61.2 Å². The molecule has 0 radical (unpaired) electrons. The maximum absolute atomic E-state index is 12.6. The molecule has 0 spiro atoms. The van der Waals surface area contributed by atoms with E-state index in [1.807, 2.05) is 41.1 Å². The van der Waals surface area contributed by atoms with Crippen molar-refractivity contribution >= 4 is 26.8 Å². The molecule has 0 fully saturated rings. The number of nitrogens with zero attached hydrogens (tertiary/aromatic N) is 2. The molecule has 3 aromatic rings. The number of benzene rings is 2. The zero-order valence-corrected chi connectivity index (χ0v) is 19.0. The van der Waals surface area contributed by atoms with Gasteiger partial charge in [0.2, 0.25) is 10.0 Å². The van der Waals surface area contributed by atoms with Gasteiger partial charge in [-0.25, -0.2) is 18.1 Å². The van der Waals surface area contributed by atoms with Crippen molar-refractivity contribution in [3.8, 4) is 0 Å². The number of unbranched alkanes of at least 4 members (excludes halogenated alkanes) is 1. The number of carboxylic acid groups (broad SMARTS) is 1. The Balaban J connectivity index is 1.43. The number of nitrogens with one attached hydrogen (secondary N) is 1. The number of rotatable bonds is 14. The van der Waals surface area contributed by atoms with Gasteiger partial charge in [0, 0.05) is 31.9 Å². The van der Waals surface area contributed by atoms with Gasteiger partial charge in [0.05, 0.1) is 11.2 Å². The van der Waals surface area contributed by atoms with Crippen LogP contribution in [-0.4, -0.2) is 35.6 Å². The summed E-state index contributed by atoms with van der Waals surface area (Å²) in [7, 11) is -3.55. The van der Waals surface area contributed by atoms with Crippen LogP contribution >= 0.6 is 0 Å². The third-order valence-electron chi connectivity index (χ3n) is 5.72. The second-order valence-electron chi connectivity index (χ2n) is 8.14. The monoisotopic (exact) mass is 457 g/mol. The Morgan fingerprint density at radius 1 is 1.03 bits per heavy atom. The minimum Gasteiger partial charge on any atom is -0.481 e. The second-order valence-corrected chi connectivity index (χ2v) is 9.91. The first kappa shape index (κ1) is 23.9. The lowest BCUT2D eigenvalue weighted by molar-refractivity contribution is -0.137. The summed E-state index contributed by atoms with van der Waals surface area (Å²) in [6.07, 6.45) is 10.7. The molecule has 2 aromatic carbocycles. The Hall–Kier alpha value is -2.71. The molecule has 0 amide bonds. The molecule has 1 unspecified atom stereocenters. The Morgan fingerprint density at radius 3 is 2.56 bits per heavy atom. The first-order chi connectivity index (χ1) is 15.4. The van der Waals surface area contributed by atoms with Gasteiger partial charge in [0.15, 0.2) is 0 Å². The molecular formula is C24H31N3O4S. The Morgan fingerprint density at radius 2 is 1.81 bits per heavy atom. The molecule has 0 aliphatic rings. The first-order valence-electron chi connectivity index (χ1n) is 11.1. The molecule has 0 saturated heterocycles. The van der Waals surface area contributed by atoms with E-state index in [0.29, 0.717) is 18.9 Å². The van der Waals surface area contributed by atoms with E-state index in [9.17, 15) is 13.2 Å². The van der Waals surface area contributed by atoms with Crippen LogP contribution in [-0.2, 0) is 21.4 Å². The van der Waals surface area contributed by atoms with E-state index >= 15 is 0 Å². The third kappa shape index (κ3) is 7.46. The number of fused-ring (bicyclic) bond motifs is 1. The second kappa shape index (κ2) is 11.8. The van der Waals surface area contributed by atoms with E-state index in [0.717, 1.165) is 49.4 Å². The van der Waals surface area contributed by atoms with Crippen molar-refractivity contribution in [2.24, 2.45) is 5.92 Å². The molecule has 3 rings (SSSR count). The van der Waals surface area contributed by atoms with E-state index < -0.39 is 16.0 Å². The number of aromatic nitrogens is 2. The van der Waals surface area contributed by atoms with Gasteiger partial charge in [0.25, 0.3) is 0 Å². The van der Waals surface area contributed by atoms with Crippen molar-refractivity contribution in [2.45, 2.75) is 56.4 Å². The summed E-state index contributed by atoms with van der Waals surface area (Å²) < 4.78 is 30.0. The van der Waals surface area contributed by atoms with Crippen LogP contribution < -0.4 is 4.72 Å². The highest BCUT2D eigenvalue weighted by Crippen LogP contribution is 2.22. The van der Waals surface area contributed by atoms with Crippen molar-refractivity contribution in [1.29, 1.82) is 0 Å². The lowest BCUT2D eigenvalue weighted by atomic mass is 9.92. The lowest BCUT2D eigenvalue weighted by Gasteiger charge is -2.16. The van der Waals surface area contributed by atoms with Crippen LogP contribution in [0.3, 0.4) is 0 Å². The van der Waals surface area contributed by atoms with Crippen LogP contribution in [0.4, 0.5) is 0 Å². The number of sulfonamides is 1. The van der Waals surface area contributed by atoms with Gasteiger partial charge < -0.3 is 9.67 Å². The normalized spacial score (nSPS) is 12.8. The summed E-state index contributed by atoms with van der Waals surface area (Å²) in [5.41, 5.74) is 0. The van der Waals surface area contributed by atoms with Crippen LogP contribution in [0.15, 0.2) is 66.1 Å². The summed E-state index contributed by atoms with van der Waals surface area (Å²) in [5.74, 6) is -0.445. The van der Waals surface area contributed by atoms with Crippen molar-refractivity contribution in [1.82, 2.24) is 14.3 Å². The zero-order chi connectivity index (χ0) is 22.8. The molecule has 1 atom stereocenters. The van der Waals surface area contributed by atoms with E-state index in [4.69, 9.17) is 5.11 Å². The van der Waals surface area contributed by atoms with Crippen molar-refractivity contribution in [3.63, 3.8) is 0 Å². The summed E-state index contributed by atoms with van der Waals surface area (Å²) in [4.78, 5) is 15.3. The average molecular weight is 458 g/mol. The van der Waals surface area contributed by atoms with Gasteiger partial charge in [-0.05, 0) is 54.5 Å². The number of hydrogen-bond donors (Lipinski definition) is 2. The molecule has 0 aliphatic carbocycles. The maximum atomic E-state index is 12.6. The smallest absolute Gasteiger partial charge is 0.303 e. The largest absolute Gasteiger partial charge is 0.481 e. The highest BCUT2D eigenvalue weighted by Gasteiger charge is 2.15. The minimum atomic E-state index is -3.55. The molecular weight excluding hydrogens is 426 g/mol. The number of hydrogen-bond acceptors (Lipinski definition) is 4. The maximum Gasteiger partial charge on any atom is 0.303 e. The first-order valence-corrected chi connectivity index (χ1v) is 12.6. The zero-order valence-electron chi connectivity index (χ0n) is 18.2. The molecule has 1 heterocycles. The highest BCUT2D eigenvalue weighted by molar-refractivity contribution is 7.89. The van der Waals surface area contributed by atoms with E-state index in [2.05, 4.69) is 9.71 Å². The minimum absolute atomic E-state index is 0.171. The number of carbonyl (C=O) groups is 1. The third-order valence-corrected chi connectivity index (χ3v) is 7.18. The van der Waals surface area contributed by atoms with Crippen LogP contribution in [0.25, 0.3) is 10.8 Å². The fourth-order valence-corrected chi connectivity index (χ4v) is 5.03. The summed E-state index contributed by atoms with van der Waals surface area (Å²) in [5, 5.41) is 10.9. The van der Waals surface area contributed by atoms with Crippen LogP contribution in [0, 0.1) is 5.92 Å². The summed E-state index contributed by atoms with van der Waals surface area (Å²) in [6.45, 7) is 1.24. The van der Waals surface area contributed by atoms with Crippen LogP contribution in [0.1, 0.15) is 44.9 Å². The SMILES string of the molecule is O=C(O)CCC(CCCCNS(=O)(=O)c1ccc2ccccc2c1)CCCn1ccnc1. The Labute approximate surface area is 189 Å². The van der Waals surface area contributed by atoms with Gasteiger partial charge in [0.1, 0.15) is 0 Å². The lowest BCUT2D eigenvalue weighted by Crippen LogP contribution is -2.24. The van der Waals surface area contributed by atoms with Gasteiger partial charge in [-0.2, -0.15) is 0 Å². The molecule has 1 aromatic heterocycles. The van der Waals surface area contributed by atoms with Gasteiger partial charge in [-0.1, -0.05) is 43.2 Å². The Bertz CT molecular complexity index is 1100. The standard InChI is InChI=1S/C24H31N3O4S/c28-24(29)13-10-20(7-5-16-27-17-15-25-19-27)6-3-4-14-26-32(30,31)23-12-11-21-8-1-2-9-22(21)18-23/h1-2,8-9,11-12,15,17-20,26H,3-7,10,13-14,16H2,(H,28,29). The van der Waals surface area contributed by atoms with Crippen molar-refractivity contribution < 1.29 is 18.3 Å². The van der Waals surface area contributed by atoms with E-state index in [-0.39, 0.29) is 11.3 Å². The van der Waals surface area contributed by atoms with E-state index in [1.165, 1.54) is 0 Å². The molecule has 0 saturated carbocycles. The number of aliphatic carboxylic acids is 1. The van der Waals surface area contributed by atoms with Crippen LogP contribution in [0.5, 0.6) is 0 Å². The molecule has 7 nitrogen and oxygen atoms in total. The highest BCUT2D eigenvalue weighted by atomic mass is 32.2. The molecule has 32 heavy (non-hydrogen) atoms. The number of aryl methyl sites for hydroxylation is 1. The molecule has 0 bridgehead atoms. The molecule has 172 valence electrons. The number of carboxylic acids is 1. The van der Waals surface area contributed by atoms with Crippen LogP contribution in [0.2, 0.25) is 0 Å². The van der Waals surface area contributed by atoms with Gasteiger partial charge >= 0.3 is 5.97 Å². The Kier molecular flexibility index (Phi) is 8.81.